The lowest BCUT2D eigenvalue weighted by atomic mass is 9.82. The topological polar surface area (TPSA) is 191 Å². The molecule has 0 radical (unpaired) electrons. The molecular weight excluding hydrogens is 644 g/mol. The largest absolute Gasteiger partial charge is 0.507 e. The summed E-state index contributed by atoms with van der Waals surface area (Å²) in [6.45, 7) is 15.3. The van der Waals surface area contributed by atoms with Gasteiger partial charge in [0.2, 0.25) is 10.9 Å². The number of amides is 1. The van der Waals surface area contributed by atoms with Gasteiger partial charge in [0, 0.05) is 86.2 Å². The Morgan fingerprint density at radius 2 is 1.44 bits per heavy atom. The number of aliphatic imine (C=N–C) groups is 1. The third kappa shape index (κ3) is 5.76. The number of hydrogen-bond donors (Lipinski definition) is 4. The number of nitrogens with zero attached hydrogens (tertiary/aromatic N) is 2. The van der Waals surface area contributed by atoms with E-state index in [9.17, 15) is 44.4 Å². The van der Waals surface area contributed by atoms with Crippen LogP contribution < -0.4 is 21.7 Å². The van der Waals surface area contributed by atoms with Gasteiger partial charge in [-0.2, -0.15) is 0 Å². The molecule has 1 fully saturated rings. The third-order valence-electron chi connectivity index (χ3n) is 9.29. The zero-order valence-corrected chi connectivity index (χ0v) is 29.6. The normalized spacial score (nSPS) is 15.4. The van der Waals surface area contributed by atoms with Gasteiger partial charge in [0.25, 0.3) is 0 Å². The molecule has 0 aromatic heterocycles. The number of carbonyl (C=O) groups excluding carboxylic acids is 1. The number of benzene rings is 4. The van der Waals surface area contributed by atoms with Crippen molar-refractivity contribution in [1.29, 1.82) is 0 Å². The fraction of sp³-hybridized carbons (Fsp3) is 0.421. The van der Waals surface area contributed by atoms with Gasteiger partial charge in [-0.1, -0.05) is 27.7 Å². The zero-order chi connectivity index (χ0) is 37.3. The number of fused-ring (bicyclic) bond motifs is 2. The molecule has 264 valence electrons. The molecule has 1 unspecified atom stereocenters. The molecule has 12 nitrogen and oxygen atoms in total. The first-order valence-electron chi connectivity index (χ1n) is 16.5. The lowest BCUT2D eigenvalue weighted by molar-refractivity contribution is 0.0293. The van der Waals surface area contributed by atoms with Crippen LogP contribution in [0.2, 0.25) is 0 Å². The zero-order valence-electron chi connectivity index (χ0n) is 29.6. The molecule has 1 amide bonds. The standard InChI is InChI=1S/C38H42N2O10/c1-15(2)23-27-20(12-22(41)34(23)46)32(44)25(17(5)30(27)42)26-18(6)31(43)29-24(16(3)4)36(48)33(45)21(28(29)35(26)47)13-39-19-10-11-40(14-19)37(49)50-38(7,8)9/h12-13,15-16,19,43,45,47-48H,10-11,14H2,1-9H3. The van der Waals surface area contributed by atoms with Crippen molar-refractivity contribution in [1.82, 2.24) is 4.90 Å². The van der Waals surface area contributed by atoms with Gasteiger partial charge in [0.1, 0.15) is 17.1 Å². The van der Waals surface area contributed by atoms with Crippen LogP contribution in [0.25, 0.3) is 33.0 Å². The van der Waals surface area contributed by atoms with E-state index in [-0.39, 0.29) is 67.4 Å². The maximum atomic E-state index is 14.2. The molecule has 2 aliphatic carbocycles. The summed E-state index contributed by atoms with van der Waals surface area (Å²) in [6.07, 6.45) is 1.19. The minimum atomic E-state index is -0.951. The van der Waals surface area contributed by atoms with Crippen LogP contribution in [-0.2, 0) is 4.74 Å². The van der Waals surface area contributed by atoms with Crippen molar-refractivity contribution in [3.8, 4) is 45.3 Å². The van der Waals surface area contributed by atoms with Gasteiger partial charge in [-0.3, -0.25) is 24.2 Å². The summed E-state index contributed by atoms with van der Waals surface area (Å²) in [5, 5.41) is 46.3. The molecule has 0 saturated carbocycles. The van der Waals surface area contributed by atoms with Crippen LogP contribution in [0, 0.1) is 13.8 Å². The van der Waals surface area contributed by atoms with E-state index in [4.69, 9.17) is 4.74 Å². The Balaban J connectivity index is 1.82. The summed E-state index contributed by atoms with van der Waals surface area (Å²) in [5.41, 5.74) is -5.16. The van der Waals surface area contributed by atoms with Crippen LogP contribution in [-0.4, -0.2) is 62.4 Å². The van der Waals surface area contributed by atoms with E-state index >= 15 is 0 Å². The fourth-order valence-corrected chi connectivity index (χ4v) is 6.93. The van der Waals surface area contributed by atoms with E-state index in [1.807, 2.05) is 0 Å². The van der Waals surface area contributed by atoms with E-state index in [2.05, 4.69) is 4.99 Å². The Hall–Kier alpha value is -5.26. The van der Waals surface area contributed by atoms with Crippen LogP contribution in [0.15, 0.2) is 30.2 Å². The highest BCUT2D eigenvalue weighted by molar-refractivity contribution is 6.14. The van der Waals surface area contributed by atoms with Crippen molar-refractivity contribution in [3.63, 3.8) is 0 Å². The maximum absolute atomic E-state index is 14.2. The van der Waals surface area contributed by atoms with Crippen molar-refractivity contribution in [2.24, 2.45) is 4.99 Å². The summed E-state index contributed by atoms with van der Waals surface area (Å²) >= 11 is 0. The van der Waals surface area contributed by atoms with Crippen LogP contribution >= 0.6 is 0 Å². The number of phenols is 4. The van der Waals surface area contributed by atoms with Crippen molar-refractivity contribution in [2.45, 2.75) is 92.2 Å². The summed E-state index contributed by atoms with van der Waals surface area (Å²) in [6, 6.07) is 0.399. The number of hydrogen-bond acceptors (Lipinski definition) is 11. The predicted octanol–water partition coefficient (Wildman–Crippen LogP) is 5.04. The predicted molar refractivity (Wildman–Crippen MR) is 192 cm³/mol. The first-order valence-corrected chi connectivity index (χ1v) is 16.5. The molecule has 0 spiro atoms. The lowest BCUT2D eigenvalue weighted by Gasteiger charge is -2.24. The van der Waals surface area contributed by atoms with Crippen LogP contribution in [0.3, 0.4) is 0 Å². The molecule has 12 heteroatoms. The Bertz CT molecular complexity index is 2290. The quantitative estimate of drug-likeness (QED) is 0.0957. The molecule has 2 aromatic rings. The van der Waals surface area contributed by atoms with Crippen molar-refractivity contribution in [2.75, 3.05) is 13.1 Å². The van der Waals surface area contributed by atoms with Crippen LogP contribution in [0.4, 0.5) is 4.79 Å². The number of phenolic OH excluding ortho intramolecular Hbond substituents is 4. The molecular formula is C38H42N2O10. The monoisotopic (exact) mass is 686 g/mol. The summed E-state index contributed by atoms with van der Waals surface area (Å²) in [4.78, 5) is 72.3. The Morgan fingerprint density at radius 1 is 0.820 bits per heavy atom. The summed E-state index contributed by atoms with van der Waals surface area (Å²) < 4.78 is 5.46. The minimum Gasteiger partial charge on any atom is -0.507 e. The van der Waals surface area contributed by atoms with E-state index in [1.165, 1.54) is 25.0 Å². The molecule has 1 atom stereocenters. The molecule has 50 heavy (non-hydrogen) atoms. The molecule has 1 heterocycles. The van der Waals surface area contributed by atoms with Crippen molar-refractivity contribution in [3.05, 3.63) is 74.8 Å². The Kier molecular flexibility index (Phi) is 9.06. The molecule has 2 aromatic carbocycles. The van der Waals surface area contributed by atoms with E-state index in [0.717, 1.165) is 6.07 Å². The SMILES string of the molecule is Cc1c(-c2c(C)c(=O)c3c(C(C)C)c(=O)c(=O)cc-3c2=O)c(O)c2c(C=NC3CCN(C(=O)OC(C)(C)C)C3)c(O)c(O)c(C(C)C)c2c1O. The van der Waals surface area contributed by atoms with Crippen molar-refractivity contribution >= 4 is 23.1 Å². The Morgan fingerprint density at radius 3 is 2.02 bits per heavy atom. The summed E-state index contributed by atoms with van der Waals surface area (Å²) in [7, 11) is 0. The number of likely N-dealkylation sites (tertiary alicyclic amines) is 1. The van der Waals surface area contributed by atoms with E-state index in [0.29, 0.717) is 13.0 Å². The lowest BCUT2D eigenvalue weighted by Crippen LogP contribution is -2.35. The molecule has 5 rings (SSSR count). The van der Waals surface area contributed by atoms with Gasteiger partial charge in [0.15, 0.2) is 22.4 Å². The van der Waals surface area contributed by atoms with E-state index < -0.39 is 74.3 Å². The first-order chi connectivity index (χ1) is 23.2. The fourth-order valence-electron chi connectivity index (χ4n) is 6.93. The van der Waals surface area contributed by atoms with Crippen LogP contribution in [0.5, 0.6) is 23.0 Å². The second-order valence-electron chi connectivity index (χ2n) is 14.6. The van der Waals surface area contributed by atoms with Gasteiger partial charge < -0.3 is 30.1 Å². The van der Waals surface area contributed by atoms with Crippen LogP contribution in [0.1, 0.15) is 94.5 Å². The molecule has 1 aliphatic heterocycles. The summed E-state index contributed by atoms with van der Waals surface area (Å²) in [5.74, 6) is -3.20. The van der Waals surface area contributed by atoms with Gasteiger partial charge in [-0.05, 0) is 52.9 Å². The molecule has 4 N–H and O–H groups in total. The highest BCUT2D eigenvalue weighted by atomic mass is 16.6. The van der Waals surface area contributed by atoms with Gasteiger partial charge in [-0.15, -0.1) is 0 Å². The van der Waals surface area contributed by atoms with E-state index in [1.54, 1.807) is 48.5 Å². The molecule has 0 bridgehead atoms. The highest BCUT2D eigenvalue weighted by Gasteiger charge is 2.34. The second-order valence-corrected chi connectivity index (χ2v) is 14.6. The highest BCUT2D eigenvalue weighted by Crippen LogP contribution is 2.53. The van der Waals surface area contributed by atoms with Gasteiger partial charge in [0.05, 0.1) is 6.04 Å². The third-order valence-corrected chi connectivity index (χ3v) is 9.29. The molecule has 3 aliphatic rings. The van der Waals surface area contributed by atoms with Crippen molar-refractivity contribution < 1.29 is 30.0 Å². The number of aromatic hydroxyl groups is 4. The number of rotatable bonds is 5. The Labute approximate surface area is 288 Å². The molecule has 1 saturated heterocycles. The smallest absolute Gasteiger partial charge is 0.410 e. The first kappa shape index (κ1) is 36.0. The van der Waals surface area contributed by atoms with Gasteiger partial charge >= 0.3 is 6.09 Å². The average Bonchev–Trinajstić information content (AvgIpc) is 3.50. The minimum absolute atomic E-state index is 0.000464. The second kappa shape index (κ2) is 12.6. The average molecular weight is 687 g/mol. The maximum Gasteiger partial charge on any atom is 0.410 e. The van der Waals surface area contributed by atoms with Gasteiger partial charge in [-0.25, -0.2) is 4.79 Å². The number of carbonyl (C=O) groups is 1. The number of ether oxygens (including phenoxy) is 1.